The maximum atomic E-state index is 12.7. The number of carboxylic acid groups (broad SMARTS) is 1. The van der Waals surface area contributed by atoms with Crippen molar-refractivity contribution < 1.29 is 14.7 Å². The fraction of sp³-hybridized carbons (Fsp3) is 0.312. The molecule has 1 aliphatic rings. The van der Waals surface area contributed by atoms with Crippen LogP contribution in [0.4, 0.5) is 0 Å². The molecule has 1 aromatic carbocycles. The van der Waals surface area contributed by atoms with Crippen LogP contribution in [0.2, 0.25) is 0 Å². The maximum Gasteiger partial charge on any atom is 0.308 e. The molecule has 2 N–H and O–H groups in total. The number of hydrogen-bond donors (Lipinski definition) is 2. The van der Waals surface area contributed by atoms with Crippen LogP contribution < -0.4 is 0 Å². The summed E-state index contributed by atoms with van der Waals surface area (Å²) in [7, 11) is 0. The maximum absolute atomic E-state index is 12.7. The van der Waals surface area contributed by atoms with E-state index < -0.39 is 11.9 Å². The van der Waals surface area contributed by atoms with Crippen LogP contribution in [0.1, 0.15) is 17.4 Å². The van der Waals surface area contributed by atoms with Gasteiger partial charge in [0.05, 0.1) is 10.4 Å². The van der Waals surface area contributed by atoms with Gasteiger partial charge >= 0.3 is 5.97 Å². The average Bonchev–Trinajstić information content (AvgIpc) is 3.11. The minimum Gasteiger partial charge on any atom is -0.481 e. The monoisotopic (exact) mass is 377 g/mol. The third-order valence-corrected chi connectivity index (χ3v) is 4.96. The fourth-order valence-corrected chi connectivity index (χ4v) is 3.45. The normalized spacial score (nSPS) is 20.7. The fourth-order valence-electron chi connectivity index (χ4n) is 2.87. The second-order valence-corrected chi connectivity index (χ2v) is 6.55. The van der Waals surface area contributed by atoms with Gasteiger partial charge in [0.25, 0.3) is 5.91 Å². The van der Waals surface area contributed by atoms with Crippen molar-refractivity contribution in [3.8, 4) is 11.3 Å². The molecule has 1 amide bonds. The van der Waals surface area contributed by atoms with Gasteiger partial charge < -0.3 is 10.0 Å². The first kappa shape index (κ1) is 15.7. The molecule has 2 heterocycles. The van der Waals surface area contributed by atoms with Crippen LogP contribution in [0.5, 0.6) is 0 Å². The van der Waals surface area contributed by atoms with E-state index >= 15 is 0 Å². The first-order valence-corrected chi connectivity index (χ1v) is 8.09. The molecular formula is C16H16BrN3O3. The molecule has 0 saturated carbocycles. The van der Waals surface area contributed by atoms with E-state index in [2.05, 4.69) is 26.1 Å². The molecule has 1 aromatic heterocycles. The van der Waals surface area contributed by atoms with Gasteiger partial charge in [0.1, 0.15) is 11.4 Å². The Bertz CT molecular complexity index is 744. The summed E-state index contributed by atoms with van der Waals surface area (Å²) in [6.07, 6.45) is 0. The number of aromatic amines is 1. The van der Waals surface area contributed by atoms with E-state index in [0.717, 1.165) is 5.56 Å². The summed E-state index contributed by atoms with van der Waals surface area (Å²) in [6, 6.07) is 9.53. The number of hydrogen-bond acceptors (Lipinski definition) is 3. The molecule has 1 saturated heterocycles. The summed E-state index contributed by atoms with van der Waals surface area (Å²) in [6.45, 7) is 2.51. The summed E-state index contributed by atoms with van der Waals surface area (Å²) in [5.74, 6) is -1.68. The van der Waals surface area contributed by atoms with Crippen molar-refractivity contribution in [2.75, 3.05) is 13.1 Å². The zero-order chi connectivity index (χ0) is 16.6. The second-order valence-electron chi connectivity index (χ2n) is 5.76. The van der Waals surface area contributed by atoms with Gasteiger partial charge in [-0.1, -0.05) is 37.3 Å². The summed E-state index contributed by atoms with van der Waals surface area (Å²) in [5, 5.41) is 16.2. The molecular weight excluding hydrogens is 362 g/mol. The van der Waals surface area contributed by atoms with Crippen molar-refractivity contribution in [2.45, 2.75) is 6.92 Å². The average molecular weight is 378 g/mol. The predicted molar refractivity (Wildman–Crippen MR) is 87.9 cm³/mol. The van der Waals surface area contributed by atoms with Crippen molar-refractivity contribution in [3.05, 3.63) is 40.5 Å². The number of likely N-dealkylation sites (tertiary alicyclic amines) is 1. The molecule has 0 spiro atoms. The van der Waals surface area contributed by atoms with Crippen LogP contribution in [0.25, 0.3) is 11.3 Å². The molecule has 23 heavy (non-hydrogen) atoms. The van der Waals surface area contributed by atoms with E-state index in [0.29, 0.717) is 22.4 Å². The summed E-state index contributed by atoms with van der Waals surface area (Å²) >= 11 is 3.44. The smallest absolute Gasteiger partial charge is 0.308 e. The molecule has 0 radical (unpaired) electrons. The first-order chi connectivity index (χ1) is 11.0. The predicted octanol–water partition coefficient (Wildman–Crippen LogP) is 2.63. The van der Waals surface area contributed by atoms with Gasteiger partial charge in [0.15, 0.2) is 0 Å². The Labute approximate surface area is 141 Å². The number of aromatic nitrogens is 2. The lowest BCUT2D eigenvalue weighted by molar-refractivity contribution is -0.142. The van der Waals surface area contributed by atoms with Crippen LogP contribution in [-0.2, 0) is 4.79 Å². The van der Waals surface area contributed by atoms with E-state index in [-0.39, 0.29) is 18.4 Å². The molecule has 0 unspecified atom stereocenters. The number of H-pyrrole nitrogens is 1. The van der Waals surface area contributed by atoms with Gasteiger partial charge in [-0.2, -0.15) is 5.10 Å². The Hall–Kier alpha value is -2.15. The highest BCUT2D eigenvalue weighted by atomic mass is 79.9. The van der Waals surface area contributed by atoms with Gasteiger partial charge in [-0.15, -0.1) is 0 Å². The lowest BCUT2D eigenvalue weighted by Gasteiger charge is -2.14. The van der Waals surface area contributed by atoms with E-state index in [4.69, 9.17) is 0 Å². The molecule has 2 aromatic rings. The molecule has 1 fully saturated rings. The third-order valence-electron chi connectivity index (χ3n) is 4.18. The first-order valence-electron chi connectivity index (χ1n) is 7.30. The van der Waals surface area contributed by atoms with Crippen LogP contribution in [0, 0.1) is 11.8 Å². The van der Waals surface area contributed by atoms with Crippen LogP contribution >= 0.6 is 15.9 Å². The zero-order valence-electron chi connectivity index (χ0n) is 12.5. The summed E-state index contributed by atoms with van der Waals surface area (Å²) < 4.78 is 0.597. The number of amides is 1. The standard InChI is InChI=1S/C16H16BrN3O3/c1-9-7-20(8-11(9)16(22)23)15(21)14-12(17)13(18-19-14)10-5-3-2-4-6-10/h2-6,9,11H,7-8H2,1H3,(H,18,19)(H,22,23)/t9-,11-/m1/s1. The van der Waals surface area contributed by atoms with Gasteiger partial charge in [-0.05, 0) is 21.8 Å². The third kappa shape index (κ3) is 2.88. The Morgan fingerprint density at radius 1 is 1.30 bits per heavy atom. The van der Waals surface area contributed by atoms with Crippen molar-refractivity contribution in [2.24, 2.45) is 11.8 Å². The van der Waals surface area contributed by atoms with Crippen molar-refractivity contribution >= 4 is 27.8 Å². The molecule has 0 bridgehead atoms. The number of halogens is 1. The lowest BCUT2D eigenvalue weighted by Crippen LogP contribution is -2.30. The molecule has 6 nitrogen and oxygen atoms in total. The number of benzene rings is 1. The Kier molecular flexibility index (Phi) is 4.21. The van der Waals surface area contributed by atoms with Crippen molar-refractivity contribution in [1.82, 2.24) is 15.1 Å². The number of aliphatic carboxylic acids is 1. The lowest BCUT2D eigenvalue weighted by atomic mass is 9.99. The van der Waals surface area contributed by atoms with Gasteiger partial charge in [-0.3, -0.25) is 14.7 Å². The number of rotatable bonds is 3. The second kappa shape index (κ2) is 6.16. The van der Waals surface area contributed by atoms with E-state index in [1.807, 2.05) is 37.3 Å². The molecule has 0 aliphatic carbocycles. The SMILES string of the molecule is C[C@@H]1CN(C(=O)c2[nH]nc(-c3ccccc3)c2Br)C[C@H]1C(=O)O. The van der Waals surface area contributed by atoms with Crippen molar-refractivity contribution in [3.63, 3.8) is 0 Å². The van der Waals surface area contributed by atoms with Gasteiger partial charge in [0.2, 0.25) is 0 Å². The van der Waals surface area contributed by atoms with Crippen LogP contribution in [0.15, 0.2) is 34.8 Å². The zero-order valence-corrected chi connectivity index (χ0v) is 14.1. The number of nitrogens with zero attached hydrogens (tertiary/aromatic N) is 2. The number of carbonyl (C=O) groups is 2. The largest absolute Gasteiger partial charge is 0.481 e. The van der Waals surface area contributed by atoms with Crippen LogP contribution in [-0.4, -0.2) is 45.2 Å². The Balaban J connectivity index is 1.85. The molecule has 120 valence electrons. The Morgan fingerprint density at radius 2 is 2.00 bits per heavy atom. The number of nitrogens with one attached hydrogen (secondary N) is 1. The minimum absolute atomic E-state index is 0.0632. The van der Waals surface area contributed by atoms with E-state index in [1.54, 1.807) is 4.90 Å². The molecule has 7 heteroatoms. The molecule has 3 rings (SSSR count). The minimum atomic E-state index is -0.860. The summed E-state index contributed by atoms with van der Waals surface area (Å²) in [5.41, 5.74) is 1.91. The van der Waals surface area contributed by atoms with E-state index in [1.165, 1.54) is 0 Å². The van der Waals surface area contributed by atoms with Crippen LogP contribution in [0.3, 0.4) is 0 Å². The van der Waals surface area contributed by atoms with Gasteiger partial charge in [0, 0.05) is 18.7 Å². The highest BCUT2D eigenvalue weighted by Crippen LogP contribution is 2.31. The van der Waals surface area contributed by atoms with Crippen molar-refractivity contribution in [1.29, 1.82) is 0 Å². The summed E-state index contributed by atoms with van der Waals surface area (Å²) in [4.78, 5) is 25.4. The number of carbonyl (C=O) groups excluding carboxylic acids is 1. The number of carboxylic acids is 1. The molecule has 1 aliphatic heterocycles. The van der Waals surface area contributed by atoms with Gasteiger partial charge in [-0.25, -0.2) is 0 Å². The Morgan fingerprint density at radius 3 is 2.61 bits per heavy atom. The quantitative estimate of drug-likeness (QED) is 0.860. The molecule has 2 atom stereocenters. The highest BCUT2D eigenvalue weighted by Gasteiger charge is 2.38. The highest BCUT2D eigenvalue weighted by molar-refractivity contribution is 9.10. The topological polar surface area (TPSA) is 86.3 Å². The van der Waals surface area contributed by atoms with E-state index in [9.17, 15) is 14.7 Å².